The number of hydrogen-bond donors (Lipinski definition) is 1. The van der Waals surface area contributed by atoms with E-state index in [1.54, 1.807) is 6.07 Å². The summed E-state index contributed by atoms with van der Waals surface area (Å²) in [6.45, 7) is 2.38. The van der Waals surface area contributed by atoms with Gasteiger partial charge in [-0.3, -0.25) is 0 Å². The average molecular weight is 303 g/mol. The molecular weight excluding hydrogens is 291 g/mol. The molecule has 2 rings (SSSR count). The predicted octanol–water partition coefficient (Wildman–Crippen LogP) is 4.32. The second-order valence-corrected chi connectivity index (χ2v) is 5.42. The summed E-state index contributed by atoms with van der Waals surface area (Å²) < 4.78 is 0. The van der Waals surface area contributed by atoms with E-state index in [1.165, 1.54) is 11.8 Å². The molecule has 0 spiro atoms. The van der Waals surface area contributed by atoms with E-state index in [0.717, 1.165) is 11.3 Å². The molecule has 1 heterocycles. The van der Waals surface area contributed by atoms with Crippen molar-refractivity contribution in [3.05, 3.63) is 39.7 Å². The van der Waals surface area contributed by atoms with E-state index in [2.05, 4.69) is 4.99 Å². The highest BCUT2D eigenvalue weighted by Crippen LogP contribution is 2.35. The molecule has 1 aromatic carbocycles. The van der Waals surface area contributed by atoms with Gasteiger partial charge in [0, 0.05) is 5.57 Å². The van der Waals surface area contributed by atoms with Crippen LogP contribution in [0.2, 0.25) is 10.0 Å². The van der Waals surface area contributed by atoms with Gasteiger partial charge in [-0.2, -0.15) is 4.99 Å². The Bertz CT molecular complexity index is 543. The molecular formula is C12H12Cl2N2OS. The topological polar surface area (TPSA) is 35.8 Å². The van der Waals surface area contributed by atoms with Crippen LogP contribution in [0.4, 0.5) is 5.69 Å². The van der Waals surface area contributed by atoms with Crippen LogP contribution in [0.5, 0.6) is 0 Å². The van der Waals surface area contributed by atoms with Crippen LogP contribution >= 0.6 is 35.0 Å². The summed E-state index contributed by atoms with van der Waals surface area (Å²) in [6.07, 6.45) is 1.90. The molecule has 0 radical (unpaired) electrons. The van der Waals surface area contributed by atoms with Gasteiger partial charge in [0.05, 0.1) is 22.3 Å². The SMILES string of the molecule is CSC1=NC(O)=C(C)CN1c1cccc(Cl)c1Cl. The van der Waals surface area contributed by atoms with E-state index in [9.17, 15) is 5.11 Å². The Morgan fingerprint density at radius 3 is 2.78 bits per heavy atom. The molecule has 0 bridgehead atoms. The lowest BCUT2D eigenvalue weighted by Crippen LogP contribution is -2.33. The summed E-state index contributed by atoms with van der Waals surface area (Å²) in [6, 6.07) is 5.47. The minimum absolute atomic E-state index is 0.0775. The van der Waals surface area contributed by atoms with Crippen LogP contribution < -0.4 is 4.90 Å². The molecule has 0 saturated heterocycles. The Balaban J connectivity index is 2.46. The number of anilines is 1. The minimum atomic E-state index is 0.0775. The van der Waals surface area contributed by atoms with Gasteiger partial charge in [0.1, 0.15) is 0 Å². The Labute approximate surface area is 120 Å². The number of thioether (sulfide) groups is 1. The standard InChI is InChI=1S/C12H12Cl2N2OS/c1-7-6-16(12(18-2)15-11(7)17)9-5-3-4-8(13)10(9)14/h3-5,17H,6H2,1-2H3. The molecule has 0 atom stereocenters. The first-order valence-corrected chi connectivity index (χ1v) is 7.25. The van der Waals surface area contributed by atoms with Gasteiger partial charge in [-0.05, 0) is 25.3 Å². The number of hydrogen-bond acceptors (Lipinski definition) is 4. The smallest absolute Gasteiger partial charge is 0.213 e. The fraction of sp³-hybridized carbons (Fsp3) is 0.250. The van der Waals surface area contributed by atoms with Gasteiger partial charge in [0.25, 0.3) is 0 Å². The third-order valence-corrected chi connectivity index (χ3v) is 4.10. The molecule has 18 heavy (non-hydrogen) atoms. The maximum Gasteiger partial charge on any atom is 0.213 e. The maximum atomic E-state index is 9.66. The third kappa shape index (κ3) is 2.46. The summed E-state index contributed by atoms with van der Waals surface area (Å²) >= 11 is 13.7. The van der Waals surface area contributed by atoms with Crippen molar-refractivity contribution < 1.29 is 5.11 Å². The van der Waals surface area contributed by atoms with Gasteiger partial charge in [0.15, 0.2) is 5.17 Å². The fourth-order valence-electron chi connectivity index (χ4n) is 1.67. The lowest BCUT2D eigenvalue weighted by molar-refractivity contribution is 0.396. The van der Waals surface area contributed by atoms with Crippen molar-refractivity contribution in [1.29, 1.82) is 0 Å². The number of halogens is 2. The molecule has 0 aromatic heterocycles. The van der Waals surface area contributed by atoms with E-state index in [4.69, 9.17) is 23.2 Å². The lowest BCUT2D eigenvalue weighted by Gasteiger charge is -2.29. The first-order valence-electron chi connectivity index (χ1n) is 5.27. The number of aliphatic imine (C=N–C) groups is 1. The maximum absolute atomic E-state index is 9.66. The van der Waals surface area contributed by atoms with Gasteiger partial charge in [0.2, 0.25) is 5.88 Å². The molecule has 0 saturated carbocycles. The van der Waals surface area contributed by atoms with Crippen LogP contribution in [0.25, 0.3) is 0 Å². The number of rotatable bonds is 1. The van der Waals surface area contributed by atoms with Crippen molar-refractivity contribution in [3.8, 4) is 0 Å². The minimum Gasteiger partial charge on any atom is -0.493 e. The van der Waals surface area contributed by atoms with Gasteiger partial charge in [-0.1, -0.05) is 41.0 Å². The number of benzene rings is 1. The van der Waals surface area contributed by atoms with Crippen LogP contribution in [0.15, 0.2) is 34.6 Å². The van der Waals surface area contributed by atoms with Crippen molar-refractivity contribution in [1.82, 2.24) is 0 Å². The van der Waals surface area contributed by atoms with Crippen molar-refractivity contribution in [2.45, 2.75) is 6.92 Å². The second kappa shape index (κ2) is 5.43. The van der Waals surface area contributed by atoms with Crippen LogP contribution in [0, 0.1) is 0 Å². The zero-order valence-electron chi connectivity index (χ0n) is 9.94. The molecule has 0 fully saturated rings. The van der Waals surface area contributed by atoms with E-state index < -0.39 is 0 Å². The van der Waals surface area contributed by atoms with Crippen molar-refractivity contribution in [3.63, 3.8) is 0 Å². The van der Waals surface area contributed by atoms with Crippen molar-refractivity contribution >= 4 is 45.8 Å². The summed E-state index contributed by atoms with van der Waals surface area (Å²) in [7, 11) is 0. The van der Waals surface area contributed by atoms with Gasteiger partial charge in [-0.15, -0.1) is 0 Å². The highest BCUT2D eigenvalue weighted by atomic mass is 35.5. The summed E-state index contributed by atoms with van der Waals surface area (Å²) in [4.78, 5) is 6.09. The van der Waals surface area contributed by atoms with Crippen LogP contribution in [0.3, 0.4) is 0 Å². The molecule has 1 aliphatic rings. The van der Waals surface area contributed by atoms with Crippen LogP contribution in [-0.2, 0) is 0 Å². The van der Waals surface area contributed by atoms with Crippen LogP contribution in [-0.4, -0.2) is 23.1 Å². The Morgan fingerprint density at radius 1 is 1.39 bits per heavy atom. The summed E-state index contributed by atoms with van der Waals surface area (Å²) in [5.74, 6) is 0.0775. The van der Waals surface area contributed by atoms with Gasteiger partial charge >= 0.3 is 0 Å². The lowest BCUT2D eigenvalue weighted by atomic mass is 10.2. The van der Waals surface area contributed by atoms with E-state index >= 15 is 0 Å². The molecule has 1 N–H and O–H groups in total. The zero-order chi connectivity index (χ0) is 13.3. The predicted molar refractivity (Wildman–Crippen MR) is 80.1 cm³/mol. The molecule has 1 aromatic rings. The van der Waals surface area contributed by atoms with E-state index in [1.807, 2.05) is 30.2 Å². The van der Waals surface area contributed by atoms with E-state index in [-0.39, 0.29) is 5.88 Å². The van der Waals surface area contributed by atoms with Gasteiger partial charge < -0.3 is 10.0 Å². The summed E-state index contributed by atoms with van der Waals surface area (Å²) in [5.41, 5.74) is 1.59. The highest BCUT2D eigenvalue weighted by Gasteiger charge is 2.22. The highest BCUT2D eigenvalue weighted by molar-refractivity contribution is 8.13. The quantitative estimate of drug-likeness (QED) is 0.839. The Kier molecular flexibility index (Phi) is 4.10. The largest absolute Gasteiger partial charge is 0.493 e. The molecule has 6 heteroatoms. The third-order valence-electron chi connectivity index (χ3n) is 2.61. The molecule has 0 amide bonds. The Hall–Kier alpha value is -0.840. The zero-order valence-corrected chi connectivity index (χ0v) is 12.3. The number of amidine groups is 1. The molecule has 1 aliphatic heterocycles. The number of aliphatic hydroxyl groups excluding tert-OH is 1. The number of aliphatic hydroxyl groups is 1. The van der Waals surface area contributed by atoms with Gasteiger partial charge in [-0.25, -0.2) is 0 Å². The van der Waals surface area contributed by atoms with E-state index in [0.29, 0.717) is 21.8 Å². The molecule has 96 valence electrons. The molecule has 3 nitrogen and oxygen atoms in total. The fourth-order valence-corrected chi connectivity index (χ4v) is 2.63. The van der Waals surface area contributed by atoms with Crippen molar-refractivity contribution in [2.75, 3.05) is 17.7 Å². The molecule has 0 aliphatic carbocycles. The first-order chi connectivity index (χ1) is 8.54. The van der Waals surface area contributed by atoms with Crippen molar-refractivity contribution in [2.24, 2.45) is 4.99 Å². The Morgan fingerprint density at radius 2 is 2.11 bits per heavy atom. The average Bonchev–Trinajstić information content (AvgIpc) is 2.36. The first kappa shape index (κ1) is 13.6. The number of nitrogens with zero attached hydrogens (tertiary/aromatic N) is 2. The summed E-state index contributed by atoms with van der Waals surface area (Å²) in [5, 5.41) is 11.4. The monoisotopic (exact) mass is 302 g/mol. The molecule has 0 unspecified atom stereocenters. The second-order valence-electron chi connectivity index (χ2n) is 3.86. The van der Waals surface area contributed by atoms with Crippen LogP contribution in [0.1, 0.15) is 6.92 Å². The normalized spacial score (nSPS) is 16.0.